The zero-order valence-electron chi connectivity index (χ0n) is 9.72. The first-order valence-corrected chi connectivity index (χ1v) is 5.72. The molecule has 5 atom stereocenters. The number of hydrogen-bond acceptors (Lipinski definition) is 3. The Morgan fingerprint density at radius 3 is 2.67 bits per heavy atom. The molecule has 1 fully saturated rings. The van der Waals surface area contributed by atoms with Crippen LogP contribution in [0.25, 0.3) is 0 Å². The molecule has 0 aromatic rings. The molecule has 86 valence electrons. The van der Waals surface area contributed by atoms with Gasteiger partial charge in [-0.05, 0) is 7.05 Å². The number of rotatable bonds is 0. The Hall–Kier alpha value is -0.380. The maximum absolute atomic E-state index is 10.7. The summed E-state index contributed by atoms with van der Waals surface area (Å²) in [5.41, 5.74) is -0.755. The molecule has 15 heavy (non-hydrogen) atoms. The van der Waals surface area contributed by atoms with Crippen LogP contribution in [0.2, 0.25) is 0 Å². The summed E-state index contributed by atoms with van der Waals surface area (Å²) in [6, 6.07) is 0. The molecule has 0 saturated carbocycles. The Morgan fingerprint density at radius 2 is 2.00 bits per heavy atom. The zero-order chi connectivity index (χ0) is 11.2. The molecule has 3 heteroatoms. The van der Waals surface area contributed by atoms with Gasteiger partial charge in [0.15, 0.2) is 0 Å². The Kier molecular flexibility index (Phi) is 2.65. The first kappa shape index (κ1) is 11.1. The van der Waals surface area contributed by atoms with Gasteiger partial charge in [-0.1, -0.05) is 26.0 Å². The summed E-state index contributed by atoms with van der Waals surface area (Å²) in [4.78, 5) is 2.13. The summed E-state index contributed by atoms with van der Waals surface area (Å²) in [5, 5.41) is 20.8. The third-order valence-corrected chi connectivity index (χ3v) is 4.16. The average molecular weight is 211 g/mol. The molecule has 0 amide bonds. The van der Waals surface area contributed by atoms with Gasteiger partial charge < -0.3 is 15.1 Å². The van der Waals surface area contributed by atoms with E-state index in [2.05, 4.69) is 11.0 Å². The van der Waals surface area contributed by atoms with Crippen molar-refractivity contribution in [2.24, 2.45) is 17.8 Å². The van der Waals surface area contributed by atoms with E-state index in [0.717, 1.165) is 6.54 Å². The molecular weight excluding hydrogens is 190 g/mol. The fourth-order valence-corrected chi connectivity index (χ4v) is 2.99. The normalized spacial score (nSPS) is 51.5. The fourth-order valence-electron chi connectivity index (χ4n) is 2.99. The van der Waals surface area contributed by atoms with Crippen LogP contribution >= 0.6 is 0 Å². The first-order chi connectivity index (χ1) is 6.95. The third-order valence-electron chi connectivity index (χ3n) is 4.16. The minimum Gasteiger partial charge on any atom is -0.392 e. The van der Waals surface area contributed by atoms with Crippen LogP contribution in [0.3, 0.4) is 0 Å². The van der Waals surface area contributed by atoms with Crippen molar-refractivity contribution in [1.29, 1.82) is 0 Å². The molecular formula is C12H21NO2. The number of likely N-dealkylation sites (tertiary alicyclic amines) is 1. The van der Waals surface area contributed by atoms with Crippen LogP contribution in [0.4, 0.5) is 0 Å². The highest BCUT2D eigenvalue weighted by Crippen LogP contribution is 2.40. The molecule has 0 aromatic heterocycles. The van der Waals surface area contributed by atoms with Gasteiger partial charge in [0.2, 0.25) is 0 Å². The molecule has 1 aliphatic heterocycles. The maximum Gasteiger partial charge on any atom is 0.0898 e. The number of nitrogens with zero attached hydrogens (tertiary/aromatic N) is 1. The number of likely N-dealkylation sites (N-methyl/N-ethyl adjacent to an activating group) is 1. The lowest BCUT2D eigenvalue weighted by Crippen LogP contribution is -2.48. The molecule has 0 radical (unpaired) electrons. The van der Waals surface area contributed by atoms with Crippen molar-refractivity contribution in [3.8, 4) is 0 Å². The van der Waals surface area contributed by atoms with Gasteiger partial charge in [0.25, 0.3) is 0 Å². The van der Waals surface area contributed by atoms with Gasteiger partial charge in [-0.25, -0.2) is 0 Å². The smallest absolute Gasteiger partial charge is 0.0898 e. The Labute approximate surface area is 91.4 Å². The van der Waals surface area contributed by atoms with Crippen molar-refractivity contribution in [2.45, 2.75) is 25.6 Å². The van der Waals surface area contributed by atoms with Gasteiger partial charge in [0.05, 0.1) is 11.7 Å². The molecule has 3 nitrogen and oxygen atoms in total. The third kappa shape index (κ3) is 1.63. The summed E-state index contributed by atoms with van der Waals surface area (Å²) in [6.07, 6.45) is 3.69. The molecule has 1 heterocycles. The lowest BCUT2D eigenvalue weighted by Gasteiger charge is -2.36. The summed E-state index contributed by atoms with van der Waals surface area (Å²) in [5.74, 6) is 0.231. The first-order valence-electron chi connectivity index (χ1n) is 5.72. The van der Waals surface area contributed by atoms with Crippen LogP contribution < -0.4 is 0 Å². The molecule has 2 rings (SSSR count). The SMILES string of the molecule is C[C@@H]1C=C[C@H]2CN(C)C[C@]2(O)[C@H](C)[C@@H]1O. The van der Waals surface area contributed by atoms with Crippen molar-refractivity contribution in [2.75, 3.05) is 20.1 Å². The second-order valence-electron chi connectivity index (χ2n) is 5.32. The Morgan fingerprint density at radius 1 is 1.33 bits per heavy atom. The van der Waals surface area contributed by atoms with E-state index in [0.29, 0.717) is 6.54 Å². The zero-order valence-corrected chi connectivity index (χ0v) is 9.72. The van der Waals surface area contributed by atoms with Crippen LogP contribution in [0.5, 0.6) is 0 Å². The van der Waals surface area contributed by atoms with E-state index in [1.165, 1.54) is 0 Å². The van der Waals surface area contributed by atoms with Crippen molar-refractivity contribution in [3.05, 3.63) is 12.2 Å². The van der Waals surface area contributed by atoms with Gasteiger partial charge in [0.1, 0.15) is 0 Å². The van der Waals surface area contributed by atoms with Gasteiger partial charge in [0, 0.05) is 30.8 Å². The number of aliphatic hydroxyl groups excluding tert-OH is 1. The molecule has 0 unspecified atom stereocenters. The second kappa shape index (κ2) is 3.58. The molecule has 2 N–H and O–H groups in total. The van der Waals surface area contributed by atoms with Crippen LogP contribution in [0.1, 0.15) is 13.8 Å². The van der Waals surface area contributed by atoms with E-state index in [1.807, 2.05) is 27.0 Å². The van der Waals surface area contributed by atoms with E-state index >= 15 is 0 Å². The van der Waals surface area contributed by atoms with E-state index in [1.54, 1.807) is 0 Å². The maximum atomic E-state index is 10.7. The Balaban J connectivity index is 2.32. The standard InChI is InChI=1S/C12H21NO2/c1-8-4-5-10-6-13(3)7-12(10,15)9(2)11(8)14/h4-5,8-11,14-15H,6-7H2,1-3H3/t8-,9-,10+,11-,12+/m1/s1. The van der Waals surface area contributed by atoms with Crippen LogP contribution in [-0.4, -0.2) is 47.0 Å². The van der Waals surface area contributed by atoms with Crippen molar-refractivity contribution in [1.82, 2.24) is 4.90 Å². The number of β-amino-alcohol motifs (C(OH)–C–C–N with tert-alkyl or cyclic N) is 1. The lowest BCUT2D eigenvalue weighted by molar-refractivity contribution is -0.0760. The summed E-state index contributed by atoms with van der Waals surface area (Å²) < 4.78 is 0. The largest absolute Gasteiger partial charge is 0.392 e. The van der Waals surface area contributed by atoms with Gasteiger partial charge in [-0.2, -0.15) is 0 Å². The van der Waals surface area contributed by atoms with Crippen LogP contribution in [0.15, 0.2) is 12.2 Å². The number of fused-ring (bicyclic) bond motifs is 1. The quantitative estimate of drug-likeness (QED) is 0.573. The van der Waals surface area contributed by atoms with Crippen molar-refractivity contribution in [3.63, 3.8) is 0 Å². The Bertz CT molecular complexity index is 279. The topological polar surface area (TPSA) is 43.7 Å². The van der Waals surface area contributed by atoms with E-state index in [4.69, 9.17) is 0 Å². The molecule has 0 spiro atoms. The second-order valence-corrected chi connectivity index (χ2v) is 5.32. The summed E-state index contributed by atoms with van der Waals surface area (Å²) in [7, 11) is 2.02. The highest BCUT2D eigenvalue weighted by atomic mass is 16.3. The molecule has 0 aromatic carbocycles. The van der Waals surface area contributed by atoms with Gasteiger partial charge >= 0.3 is 0 Å². The highest BCUT2D eigenvalue weighted by molar-refractivity contribution is 5.14. The van der Waals surface area contributed by atoms with Crippen LogP contribution in [0, 0.1) is 17.8 Å². The molecule has 1 aliphatic carbocycles. The lowest BCUT2D eigenvalue weighted by atomic mass is 9.77. The predicted octanol–water partition coefficient (Wildman–Crippen LogP) is 0.482. The monoisotopic (exact) mass is 211 g/mol. The predicted molar refractivity (Wildman–Crippen MR) is 59.4 cm³/mol. The number of aliphatic hydroxyl groups is 2. The average Bonchev–Trinajstić information content (AvgIpc) is 2.45. The minimum absolute atomic E-state index is 0.0718. The minimum atomic E-state index is -0.755. The highest BCUT2D eigenvalue weighted by Gasteiger charge is 2.50. The van der Waals surface area contributed by atoms with Crippen molar-refractivity contribution >= 4 is 0 Å². The van der Waals surface area contributed by atoms with E-state index < -0.39 is 11.7 Å². The number of hydrogen-bond donors (Lipinski definition) is 2. The fraction of sp³-hybridized carbons (Fsp3) is 0.833. The molecule has 1 saturated heterocycles. The van der Waals surface area contributed by atoms with Gasteiger partial charge in [-0.3, -0.25) is 0 Å². The van der Waals surface area contributed by atoms with Gasteiger partial charge in [-0.15, -0.1) is 0 Å². The van der Waals surface area contributed by atoms with E-state index in [-0.39, 0.29) is 17.8 Å². The van der Waals surface area contributed by atoms with Crippen LogP contribution in [-0.2, 0) is 0 Å². The molecule has 0 bridgehead atoms. The summed E-state index contributed by atoms with van der Waals surface area (Å²) >= 11 is 0. The van der Waals surface area contributed by atoms with E-state index in [9.17, 15) is 10.2 Å². The molecule has 2 aliphatic rings. The van der Waals surface area contributed by atoms with Crippen molar-refractivity contribution < 1.29 is 10.2 Å². The summed E-state index contributed by atoms with van der Waals surface area (Å²) in [6.45, 7) is 5.51.